The first-order chi connectivity index (χ1) is 17.2. The minimum atomic E-state index is -0.345. The fraction of sp³-hybridized carbons (Fsp3) is 0.536. The number of benzene rings is 2. The second kappa shape index (κ2) is 15.5. The highest BCUT2D eigenvalue weighted by Crippen LogP contribution is 2.44. The van der Waals surface area contributed by atoms with Crippen molar-refractivity contribution in [3.63, 3.8) is 0 Å². The highest BCUT2D eigenvalue weighted by Gasteiger charge is 2.29. The van der Waals surface area contributed by atoms with Crippen molar-refractivity contribution < 1.29 is 28.5 Å². The zero-order valence-electron chi connectivity index (χ0n) is 21.1. The van der Waals surface area contributed by atoms with E-state index in [4.69, 9.17) is 23.7 Å². The third-order valence-electron chi connectivity index (χ3n) is 5.98. The molecule has 2 aromatic rings. The molecule has 0 heterocycles. The van der Waals surface area contributed by atoms with Crippen molar-refractivity contribution in [2.75, 3.05) is 73.1 Å². The Morgan fingerprint density at radius 1 is 0.743 bits per heavy atom. The van der Waals surface area contributed by atoms with Crippen molar-refractivity contribution in [1.82, 2.24) is 4.90 Å². The molecular weight excluding hydrogens is 446 g/mol. The molecule has 2 aromatic carbocycles. The fourth-order valence-corrected chi connectivity index (χ4v) is 4.01. The average Bonchev–Trinajstić information content (AvgIpc) is 3.21. The fourth-order valence-electron chi connectivity index (χ4n) is 4.01. The van der Waals surface area contributed by atoms with Crippen LogP contribution in [0.4, 0.5) is 4.79 Å². The van der Waals surface area contributed by atoms with E-state index >= 15 is 0 Å². The molecule has 0 fully saturated rings. The average molecular weight is 486 g/mol. The molecule has 0 aliphatic heterocycles. The lowest BCUT2D eigenvalue weighted by Gasteiger charge is -2.19. The van der Waals surface area contributed by atoms with Gasteiger partial charge in [-0.15, -0.1) is 0 Å². The van der Waals surface area contributed by atoms with Gasteiger partial charge in [-0.25, -0.2) is 4.79 Å². The van der Waals surface area contributed by atoms with Gasteiger partial charge in [0.05, 0.1) is 46.2 Å². The van der Waals surface area contributed by atoms with E-state index < -0.39 is 0 Å². The quantitative estimate of drug-likeness (QED) is 0.302. The molecule has 7 nitrogen and oxygen atoms in total. The van der Waals surface area contributed by atoms with Crippen LogP contribution in [0.5, 0.6) is 0 Å². The SMILES string of the molecule is CCCCOCCOCCOCCOCCN(C)C(=O)OCC1c2ccccc2-c2ccccc21. The van der Waals surface area contributed by atoms with Gasteiger partial charge in [-0.05, 0) is 28.7 Å². The molecular formula is C28H39NO6. The van der Waals surface area contributed by atoms with E-state index in [2.05, 4.69) is 31.2 Å². The van der Waals surface area contributed by atoms with Gasteiger partial charge in [0.1, 0.15) is 6.61 Å². The summed E-state index contributed by atoms with van der Waals surface area (Å²) in [5, 5.41) is 0. The van der Waals surface area contributed by atoms with E-state index in [1.165, 1.54) is 22.3 Å². The van der Waals surface area contributed by atoms with Crippen LogP contribution < -0.4 is 0 Å². The van der Waals surface area contributed by atoms with Crippen LogP contribution in [0.1, 0.15) is 36.8 Å². The van der Waals surface area contributed by atoms with Gasteiger partial charge in [-0.2, -0.15) is 0 Å². The number of rotatable bonds is 17. The summed E-state index contributed by atoms with van der Waals surface area (Å²) in [6, 6.07) is 16.6. The predicted octanol–water partition coefficient (Wildman–Crippen LogP) is 4.73. The number of hydrogen-bond acceptors (Lipinski definition) is 6. The first-order valence-corrected chi connectivity index (χ1v) is 12.6. The van der Waals surface area contributed by atoms with Gasteiger partial charge in [0.2, 0.25) is 0 Å². The summed E-state index contributed by atoms with van der Waals surface area (Å²) >= 11 is 0. The van der Waals surface area contributed by atoms with Crippen LogP contribution in [0.2, 0.25) is 0 Å². The lowest BCUT2D eigenvalue weighted by molar-refractivity contribution is -0.00366. The number of carbonyl (C=O) groups is 1. The highest BCUT2D eigenvalue weighted by molar-refractivity contribution is 5.79. The molecule has 0 spiro atoms. The molecule has 1 amide bonds. The summed E-state index contributed by atoms with van der Waals surface area (Å²) in [6.45, 7) is 7.38. The van der Waals surface area contributed by atoms with Crippen LogP contribution in [-0.4, -0.2) is 84.0 Å². The zero-order valence-corrected chi connectivity index (χ0v) is 21.1. The van der Waals surface area contributed by atoms with E-state index in [1.807, 2.05) is 24.3 Å². The van der Waals surface area contributed by atoms with Crippen LogP contribution in [0.25, 0.3) is 11.1 Å². The van der Waals surface area contributed by atoms with Gasteiger partial charge in [0.25, 0.3) is 0 Å². The molecule has 1 aliphatic rings. The molecule has 0 bridgehead atoms. The van der Waals surface area contributed by atoms with Gasteiger partial charge in [-0.1, -0.05) is 61.9 Å². The molecule has 3 rings (SSSR count). The molecule has 7 heteroatoms. The predicted molar refractivity (Wildman–Crippen MR) is 136 cm³/mol. The number of hydrogen-bond donors (Lipinski definition) is 0. The van der Waals surface area contributed by atoms with Crippen molar-refractivity contribution in [3.8, 4) is 11.1 Å². The van der Waals surface area contributed by atoms with Gasteiger partial charge in [-0.3, -0.25) is 0 Å². The van der Waals surface area contributed by atoms with Crippen LogP contribution in [-0.2, 0) is 23.7 Å². The van der Waals surface area contributed by atoms with E-state index in [1.54, 1.807) is 11.9 Å². The van der Waals surface area contributed by atoms with Crippen LogP contribution in [0, 0.1) is 0 Å². The number of amides is 1. The molecule has 0 N–H and O–H groups in total. The lowest BCUT2D eigenvalue weighted by atomic mass is 9.98. The Labute approximate surface area is 209 Å². The minimum absolute atomic E-state index is 0.0608. The maximum atomic E-state index is 12.5. The Balaban J connectivity index is 1.23. The number of ether oxygens (including phenoxy) is 5. The van der Waals surface area contributed by atoms with Crippen molar-refractivity contribution in [2.24, 2.45) is 0 Å². The van der Waals surface area contributed by atoms with Crippen molar-refractivity contribution in [2.45, 2.75) is 25.7 Å². The molecule has 0 saturated carbocycles. The highest BCUT2D eigenvalue weighted by atomic mass is 16.6. The lowest BCUT2D eigenvalue weighted by Crippen LogP contribution is -2.32. The van der Waals surface area contributed by atoms with Crippen molar-refractivity contribution in [3.05, 3.63) is 59.7 Å². The first-order valence-electron chi connectivity index (χ1n) is 12.6. The molecule has 1 aliphatic carbocycles. The Kier molecular flexibility index (Phi) is 12.0. The first kappa shape index (κ1) is 27.1. The monoisotopic (exact) mass is 485 g/mol. The number of unbranched alkanes of at least 4 members (excludes halogenated alkanes) is 1. The zero-order chi connectivity index (χ0) is 24.7. The number of nitrogens with zero attached hydrogens (tertiary/aromatic N) is 1. The molecule has 35 heavy (non-hydrogen) atoms. The van der Waals surface area contributed by atoms with Gasteiger partial charge < -0.3 is 28.6 Å². The molecule has 0 unspecified atom stereocenters. The van der Waals surface area contributed by atoms with Crippen molar-refractivity contribution >= 4 is 6.09 Å². The third kappa shape index (κ3) is 8.61. The van der Waals surface area contributed by atoms with E-state index in [-0.39, 0.29) is 12.0 Å². The van der Waals surface area contributed by atoms with Gasteiger partial charge in [0, 0.05) is 26.1 Å². The summed E-state index contributed by atoms with van der Waals surface area (Å²) < 4.78 is 27.6. The van der Waals surface area contributed by atoms with Crippen LogP contribution >= 0.6 is 0 Å². The standard InChI is InChI=1S/C28H39NO6/c1-3-4-14-31-16-18-33-20-21-34-19-17-32-15-13-29(2)28(30)35-22-27-25-11-7-5-9-23(25)24-10-6-8-12-26(24)27/h5-12,27H,3-4,13-22H2,1-2H3. The normalized spacial score (nSPS) is 12.4. The van der Waals surface area contributed by atoms with Gasteiger partial charge >= 0.3 is 6.09 Å². The van der Waals surface area contributed by atoms with E-state index in [0.717, 1.165) is 19.4 Å². The molecule has 0 radical (unpaired) electrons. The Hall–Kier alpha value is -2.45. The third-order valence-corrected chi connectivity index (χ3v) is 5.98. The molecule has 192 valence electrons. The van der Waals surface area contributed by atoms with Gasteiger partial charge in [0.15, 0.2) is 0 Å². The van der Waals surface area contributed by atoms with Crippen LogP contribution in [0.15, 0.2) is 48.5 Å². The minimum Gasteiger partial charge on any atom is -0.448 e. The summed E-state index contributed by atoms with van der Waals surface area (Å²) in [6.07, 6.45) is 1.88. The number of fused-ring (bicyclic) bond motifs is 3. The Morgan fingerprint density at radius 3 is 1.77 bits per heavy atom. The number of likely N-dealkylation sites (N-methyl/N-ethyl adjacent to an activating group) is 1. The topological polar surface area (TPSA) is 66.5 Å². The second-order valence-electron chi connectivity index (χ2n) is 8.53. The maximum absolute atomic E-state index is 12.5. The van der Waals surface area contributed by atoms with Crippen molar-refractivity contribution in [1.29, 1.82) is 0 Å². The summed E-state index contributed by atoms with van der Waals surface area (Å²) in [5.74, 6) is 0.0608. The summed E-state index contributed by atoms with van der Waals surface area (Å²) in [5.41, 5.74) is 4.85. The van der Waals surface area contributed by atoms with Crippen LogP contribution in [0.3, 0.4) is 0 Å². The summed E-state index contributed by atoms with van der Waals surface area (Å²) in [7, 11) is 1.72. The maximum Gasteiger partial charge on any atom is 0.409 e. The van der Waals surface area contributed by atoms with E-state index in [9.17, 15) is 4.79 Å². The second-order valence-corrected chi connectivity index (χ2v) is 8.53. The number of carbonyl (C=O) groups excluding carboxylic acids is 1. The summed E-state index contributed by atoms with van der Waals surface area (Å²) in [4.78, 5) is 14.0. The Bertz CT molecular complexity index is 844. The Morgan fingerprint density at radius 2 is 1.23 bits per heavy atom. The molecule has 0 atom stereocenters. The van der Waals surface area contributed by atoms with E-state index in [0.29, 0.717) is 59.4 Å². The molecule has 0 saturated heterocycles. The largest absolute Gasteiger partial charge is 0.448 e. The molecule has 0 aromatic heterocycles. The smallest absolute Gasteiger partial charge is 0.409 e.